The average Bonchev–Trinajstić information content (AvgIpc) is 2.94. The van der Waals surface area contributed by atoms with Crippen LogP contribution in [0.4, 0.5) is 4.79 Å². The Morgan fingerprint density at radius 1 is 1.25 bits per heavy atom. The van der Waals surface area contributed by atoms with Gasteiger partial charge in [0.05, 0.1) is 6.61 Å². The lowest BCUT2D eigenvalue weighted by Crippen LogP contribution is -2.58. The number of esters is 2. The van der Waals surface area contributed by atoms with Crippen molar-refractivity contribution in [2.24, 2.45) is 17.8 Å². The molecule has 2 aliphatic carbocycles. The minimum Gasteiger partial charge on any atom is -0.464 e. The second-order valence-electron chi connectivity index (χ2n) is 7.63. The molecule has 0 bridgehead atoms. The van der Waals surface area contributed by atoms with E-state index in [2.05, 4.69) is 5.32 Å². The van der Waals surface area contributed by atoms with Gasteiger partial charge in [0, 0.05) is 25.2 Å². The number of hydrogen-bond donors (Lipinski definition) is 1. The summed E-state index contributed by atoms with van der Waals surface area (Å²) in [6.45, 7) is 10.5. The average molecular weight is 341 g/mol. The van der Waals surface area contributed by atoms with E-state index in [1.807, 2.05) is 6.92 Å². The van der Waals surface area contributed by atoms with Crippen LogP contribution in [0.3, 0.4) is 0 Å². The fraction of sp³-hybridized carbons (Fsp3) is 0.824. The van der Waals surface area contributed by atoms with Crippen molar-refractivity contribution in [2.45, 2.75) is 65.2 Å². The highest BCUT2D eigenvalue weighted by molar-refractivity contribution is 5.88. The van der Waals surface area contributed by atoms with Crippen LogP contribution < -0.4 is 5.32 Å². The van der Waals surface area contributed by atoms with Crippen molar-refractivity contribution in [3.8, 4) is 0 Å². The standard InChI is InChI=1S/C17H27NO6/c1-7-22-14(20)17(18-15(21)24-16(4,5)6)8-11(23-10(3)19)12-9(2)13(12)17/h9,11-13H,7-8H2,1-6H3,(H,18,21)/t9-,11-,12+,13+,17-/m0/s1. The van der Waals surface area contributed by atoms with Crippen LogP contribution in [0, 0.1) is 17.8 Å². The molecule has 0 unspecified atom stereocenters. The highest BCUT2D eigenvalue weighted by Crippen LogP contribution is 2.63. The molecule has 0 radical (unpaired) electrons. The van der Waals surface area contributed by atoms with Gasteiger partial charge in [-0.25, -0.2) is 9.59 Å². The number of ether oxygens (including phenoxy) is 3. The number of hydrogen-bond acceptors (Lipinski definition) is 6. The van der Waals surface area contributed by atoms with Gasteiger partial charge < -0.3 is 19.5 Å². The van der Waals surface area contributed by atoms with Crippen molar-refractivity contribution < 1.29 is 28.6 Å². The lowest BCUT2D eigenvalue weighted by molar-refractivity contribution is -0.155. The molecule has 0 aliphatic heterocycles. The predicted molar refractivity (Wildman–Crippen MR) is 85.0 cm³/mol. The van der Waals surface area contributed by atoms with Gasteiger partial charge in [-0.3, -0.25) is 4.79 Å². The molecule has 0 spiro atoms. The van der Waals surface area contributed by atoms with E-state index in [0.29, 0.717) is 0 Å². The van der Waals surface area contributed by atoms with E-state index in [-0.39, 0.29) is 30.8 Å². The summed E-state index contributed by atoms with van der Waals surface area (Å²) in [6, 6.07) is 0. The van der Waals surface area contributed by atoms with E-state index in [9.17, 15) is 14.4 Å². The third-order valence-corrected chi connectivity index (χ3v) is 4.65. The molecule has 0 aromatic carbocycles. The van der Waals surface area contributed by atoms with E-state index in [1.54, 1.807) is 27.7 Å². The van der Waals surface area contributed by atoms with Gasteiger partial charge in [0.1, 0.15) is 17.2 Å². The number of alkyl carbamates (subject to hydrolysis) is 1. The first-order chi connectivity index (χ1) is 11.0. The maximum absolute atomic E-state index is 12.6. The molecular weight excluding hydrogens is 314 g/mol. The molecule has 2 rings (SSSR count). The third kappa shape index (κ3) is 3.49. The minimum absolute atomic E-state index is 0.0493. The van der Waals surface area contributed by atoms with Gasteiger partial charge in [-0.05, 0) is 33.6 Å². The number of carbonyl (C=O) groups excluding carboxylic acids is 3. The first-order valence-electron chi connectivity index (χ1n) is 8.37. The van der Waals surface area contributed by atoms with Crippen molar-refractivity contribution in [3.05, 3.63) is 0 Å². The molecule has 0 heterocycles. The van der Waals surface area contributed by atoms with Gasteiger partial charge in [-0.1, -0.05) is 6.92 Å². The molecule has 136 valence electrons. The molecule has 0 aromatic heterocycles. The normalized spacial score (nSPS) is 34.1. The number of fused-ring (bicyclic) bond motifs is 1. The third-order valence-electron chi connectivity index (χ3n) is 4.65. The van der Waals surface area contributed by atoms with Crippen LogP contribution in [0.5, 0.6) is 0 Å². The highest BCUT2D eigenvalue weighted by Gasteiger charge is 2.73. The molecule has 1 N–H and O–H groups in total. The van der Waals surface area contributed by atoms with E-state index in [1.165, 1.54) is 6.92 Å². The Morgan fingerprint density at radius 3 is 2.38 bits per heavy atom. The molecule has 0 aromatic rings. The van der Waals surface area contributed by atoms with Crippen molar-refractivity contribution in [1.82, 2.24) is 5.32 Å². The maximum Gasteiger partial charge on any atom is 0.408 e. The quantitative estimate of drug-likeness (QED) is 0.621. The highest BCUT2D eigenvalue weighted by atomic mass is 16.6. The Bertz CT molecular complexity index is 540. The number of carbonyl (C=O) groups is 3. The summed E-state index contributed by atoms with van der Waals surface area (Å²) < 4.78 is 15.9. The predicted octanol–water partition coefficient (Wildman–Crippen LogP) is 2.03. The van der Waals surface area contributed by atoms with Gasteiger partial charge >= 0.3 is 18.0 Å². The van der Waals surface area contributed by atoms with E-state index < -0.39 is 35.3 Å². The lowest BCUT2D eigenvalue weighted by Gasteiger charge is -2.32. The van der Waals surface area contributed by atoms with Gasteiger partial charge in [0.25, 0.3) is 0 Å². The van der Waals surface area contributed by atoms with Crippen molar-refractivity contribution in [3.63, 3.8) is 0 Å². The molecule has 2 fully saturated rings. The van der Waals surface area contributed by atoms with E-state index >= 15 is 0 Å². The van der Waals surface area contributed by atoms with Crippen LogP contribution in [0.1, 0.15) is 48.0 Å². The van der Waals surface area contributed by atoms with Crippen LogP contribution in [-0.2, 0) is 23.8 Å². The summed E-state index contributed by atoms with van der Waals surface area (Å²) in [5.74, 6) is -0.802. The van der Waals surface area contributed by atoms with Gasteiger partial charge in [0.2, 0.25) is 0 Å². The van der Waals surface area contributed by atoms with Gasteiger partial charge in [-0.2, -0.15) is 0 Å². The molecule has 0 saturated heterocycles. The summed E-state index contributed by atoms with van der Waals surface area (Å²) in [4.78, 5) is 36.3. The van der Waals surface area contributed by atoms with E-state index in [0.717, 1.165) is 0 Å². The summed E-state index contributed by atoms with van der Waals surface area (Å²) >= 11 is 0. The van der Waals surface area contributed by atoms with Crippen LogP contribution >= 0.6 is 0 Å². The number of amides is 1. The number of rotatable bonds is 4. The Kier molecular flexibility index (Phi) is 4.84. The molecule has 24 heavy (non-hydrogen) atoms. The molecule has 2 aliphatic rings. The molecule has 2 saturated carbocycles. The lowest BCUT2D eigenvalue weighted by atomic mass is 9.90. The van der Waals surface area contributed by atoms with Gasteiger partial charge in [0.15, 0.2) is 0 Å². The maximum atomic E-state index is 12.6. The fourth-order valence-corrected chi connectivity index (χ4v) is 3.91. The molecule has 7 nitrogen and oxygen atoms in total. The van der Waals surface area contributed by atoms with Crippen LogP contribution in [0.25, 0.3) is 0 Å². The summed E-state index contributed by atoms with van der Waals surface area (Å²) in [5, 5.41) is 2.73. The monoisotopic (exact) mass is 341 g/mol. The zero-order chi connectivity index (χ0) is 18.3. The minimum atomic E-state index is -1.21. The van der Waals surface area contributed by atoms with Crippen LogP contribution in [-0.4, -0.2) is 41.9 Å². The molecular formula is C17H27NO6. The van der Waals surface area contributed by atoms with Crippen molar-refractivity contribution in [2.75, 3.05) is 6.61 Å². The zero-order valence-corrected chi connectivity index (χ0v) is 15.2. The first kappa shape index (κ1) is 18.5. The zero-order valence-electron chi connectivity index (χ0n) is 15.2. The molecule has 5 atom stereocenters. The molecule has 7 heteroatoms. The molecule has 1 amide bonds. The second-order valence-corrected chi connectivity index (χ2v) is 7.63. The Balaban J connectivity index is 2.24. The summed E-state index contributed by atoms with van der Waals surface area (Å²) in [7, 11) is 0. The topological polar surface area (TPSA) is 90.9 Å². The van der Waals surface area contributed by atoms with Crippen LogP contribution in [0.15, 0.2) is 0 Å². The Hall–Kier alpha value is -1.79. The fourth-order valence-electron chi connectivity index (χ4n) is 3.91. The first-order valence-corrected chi connectivity index (χ1v) is 8.37. The van der Waals surface area contributed by atoms with E-state index in [4.69, 9.17) is 14.2 Å². The second kappa shape index (κ2) is 6.26. The van der Waals surface area contributed by atoms with Crippen molar-refractivity contribution in [1.29, 1.82) is 0 Å². The summed E-state index contributed by atoms with van der Waals surface area (Å²) in [5.41, 5.74) is -1.88. The number of nitrogens with one attached hydrogen (secondary N) is 1. The van der Waals surface area contributed by atoms with Gasteiger partial charge in [-0.15, -0.1) is 0 Å². The SMILES string of the molecule is CCOC(=O)[C@]1(NC(=O)OC(C)(C)C)C[C@H](OC(C)=O)[C@H]2[C@H](C)[C@H]21. The Labute approximate surface area is 142 Å². The largest absolute Gasteiger partial charge is 0.464 e. The Morgan fingerprint density at radius 2 is 1.88 bits per heavy atom. The smallest absolute Gasteiger partial charge is 0.408 e. The van der Waals surface area contributed by atoms with Crippen LogP contribution in [0.2, 0.25) is 0 Å². The summed E-state index contributed by atoms with van der Waals surface area (Å²) in [6.07, 6.45) is -0.858. The van der Waals surface area contributed by atoms with Crippen molar-refractivity contribution >= 4 is 18.0 Å².